The summed E-state index contributed by atoms with van der Waals surface area (Å²) >= 11 is 0. The molecule has 0 spiro atoms. The molecule has 2 aromatic rings. The van der Waals surface area contributed by atoms with Crippen LogP contribution in [0.3, 0.4) is 0 Å². The maximum atomic E-state index is 12.3. The van der Waals surface area contributed by atoms with Crippen LogP contribution in [-0.4, -0.2) is 25.7 Å². The van der Waals surface area contributed by atoms with E-state index in [-0.39, 0.29) is 17.5 Å². The standard InChI is InChI=1S/C14H20N4O2S/c1-3-14(15-2)12-5-4-6-13(7-12)21(19,20)18-10-11-8-16-17-9-11/h4-9,14-15,18H,3,10H2,1-2H3,(H,16,17). The summed E-state index contributed by atoms with van der Waals surface area (Å²) in [5.41, 5.74) is 1.75. The number of hydrogen-bond donors (Lipinski definition) is 3. The fourth-order valence-corrected chi connectivity index (χ4v) is 3.21. The van der Waals surface area contributed by atoms with Gasteiger partial charge in [-0.2, -0.15) is 5.10 Å². The van der Waals surface area contributed by atoms with Crippen molar-refractivity contribution in [2.45, 2.75) is 30.8 Å². The normalized spacial score (nSPS) is 13.2. The zero-order valence-electron chi connectivity index (χ0n) is 12.1. The molecule has 1 atom stereocenters. The van der Waals surface area contributed by atoms with Crippen molar-refractivity contribution in [3.05, 3.63) is 47.8 Å². The Morgan fingerprint density at radius 2 is 2.19 bits per heavy atom. The highest BCUT2D eigenvalue weighted by Crippen LogP contribution is 2.19. The maximum Gasteiger partial charge on any atom is 0.240 e. The van der Waals surface area contributed by atoms with Crippen molar-refractivity contribution >= 4 is 10.0 Å². The van der Waals surface area contributed by atoms with Gasteiger partial charge in [-0.3, -0.25) is 5.10 Å². The van der Waals surface area contributed by atoms with Crippen LogP contribution in [0.25, 0.3) is 0 Å². The first-order valence-corrected chi connectivity index (χ1v) is 8.29. The van der Waals surface area contributed by atoms with Gasteiger partial charge in [0.2, 0.25) is 10.0 Å². The van der Waals surface area contributed by atoms with Gasteiger partial charge in [-0.1, -0.05) is 19.1 Å². The number of nitrogens with zero attached hydrogens (tertiary/aromatic N) is 1. The number of rotatable bonds is 7. The molecule has 6 nitrogen and oxygen atoms in total. The Morgan fingerprint density at radius 1 is 1.38 bits per heavy atom. The fraction of sp³-hybridized carbons (Fsp3) is 0.357. The van der Waals surface area contributed by atoms with E-state index in [1.807, 2.05) is 13.1 Å². The van der Waals surface area contributed by atoms with Crippen LogP contribution in [0.4, 0.5) is 0 Å². The second-order valence-corrected chi connectivity index (χ2v) is 6.52. The average Bonchev–Trinajstić information content (AvgIpc) is 3.00. The summed E-state index contributed by atoms with van der Waals surface area (Å²) in [6, 6.07) is 7.15. The zero-order chi connectivity index (χ0) is 15.3. The third-order valence-corrected chi connectivity index (χ3v) is 4.75. The molecule has 0 saturated carbocycles. The third kappa shape index (κ3) is 3.90. The number of H-pyrrole nitrogens is 1. The molecular weight excluding hydrogens is 288 g/mol. The molecule has 3 N–H and O–H groups in total. The van der Waals surface area contributed by atoms with Crippen molar-refractivity contribution in [2.75, 3.05) is 7.05 Å². The van der Waals surface area contributed by atoms with Gasteiger partial charge in [-0.05, 0) is 31.2 Å². The van der Waals surface area contributed by atoms with Crippen molar-refractivity contribution in [1.82, 2.24) is 20.2 Å². The number of aromatic nitrogens is 2. The molecule has 0 amide bonds. The highest BCUT2D eigenvalue weighted by molar-refractivity contribution is 7.89. The molecule has 1 aromatic heterocycles. The molecular formula is C14H20N4O2S. The van der Waals surface area contributed by atoms with Gasteiger partial charge >= 0.3 is 0 Å². The molecule has 1 heterocycles. The molecule has 0 saturated heterocycles. The molecule has 114 valence electrons. The first kappa shape index (κ1) is 15.7. The minimum Gasteiger partial charge on any atom is -0.313 e. The van der Waals surface area contributed by atoms with Crippen molar-refractivity contribution in [3.8, 4) is 0 Å². The van der Waals surface area contributed by atoms with Crippen LogP contribution < -0.4 is 10.0 Å². The van der Waals surface area contributed by atoms with Crippen LogP contribution in [0.1, 0.15) is 30.5 Å². The lowest BCUT2D eigenvalue weighted by Crippen LogP contribution is -2.23. The van der Waals surface area contributed by atoms with Crippen molar-refractivity contribution in [3.63, 3.8) is 0 Å². The monoisotopic (exact) mass is 308 g/mol. The van der Waals surface area contributed by atoms with E-state index in [4.69, 9.17) is 0 Å². The number of nitrogens with one attached hydrogen (secondary N) is 3. The molecule has 1 unspecified atom stereocenters. The van der Waals surface area contributed by atoms with Crippen molar-refractivity contribution < 1.29 is 8.42 Å². The number of sulfonamides is 1. The maximum absolute atomic E-state index is 12.3. The lowest BCUT2D eigenvalue weighted by Gasteiger charge is -2.15. The molecule has 0 bridgehead atoms. The minimum absolute atomic E-state index is 0.147. The fourth-order valence-electron chi connectivity index (χ4n) is 2.14. The molecule has 0 aliphatic heterocycles. The Balaban J connectivity index is 2.17. The molecule has 0 aliphatic rings. The van der Waals surface area contributed by atoms with E-state index in [0.717, 1.165) is 17.5 Å². The van der Waals surface area contributed by atoms with Gasteiger partial charge in [-0.25, -0.2) is 13.1 Å². The van der Waals surface area contributed by atoms with Gasteiger partial charge in [0.05, 0.1) is 11.1 Å². The van der Waals surface area contributed by atoms with Gasteiger partial charge in [0.1, 0.15) is 0 Å². The molecule has 1 aromatic carbocycles. The largest absolute Gasteiger partial charge is 0.313 e. The molecule has 0 aliphatic carbocycles. The topological polar surface area (TPSA) is 86.9 Å². The smallest absolute Gasteiger partial charge is 0.240 e. The van der Waals surface area contributed by atoms with Gasteiger partial charge in [0, 0.05) is 24.3 Å². The second-order valence-electron chi connectivity index (χ2n) is 4.75. The predicted octanol–water partition coefficient (Wildman–Crippen LogP) is 1.56. The summed E-state index contributed by atoms with van der Waals surface area (Å²) in [5, 5.41) is 9.61. The van der Waals surface area contributed by atoms with Crippen LogP contribution >= 0.6 is 0 Å². The van der Waals surface area contributed by atoms with E-state index in [1.54, 1.807) is 30.6 Å². The Morgan fingerprint density at radius 3 is 2.81 bits per heavy atom. The summed E-state index contributed by atoms with van der Waals surface area (Å²) in [7, 11) is -1.66. The lowest BCUT2D eigenvalue weighted by molar-refractivity contribution is 0.570. The second kappa shape index (κ2) is 6.84. The summed E-state index contributed by atoms with van der Waals surface area (Å²) in [4.78, 5) is 0.275. The Bertz CT molecular complexity index is 664. The van der Waals surface area contributed by atoms with Crippen molar-refractivity contribution in [1.29, 1.82) is 0 Å². The molecule has 2 rings (SSSR count). The first-order chi connectivity index (χ1) is 10.1. The first-order valence-electron chi connectivity index (χ1n) is 6.81. The molecule has 7 heteroatoms. The summed E-state index contributed by atoms with van der Waals surface area (Å²) in [6.45, 7) is 2.27. The highest BCUT2D eigenvalue weighted by Gasteiger charge is 2.16. The Kier molecular flexibility index (Phi) is 5.11. The predicted molar refractivity (Wildman–Crippen MR) is 81.1 cm³/mol. The Labute approximate surface area is 125 Å². The van der Waals surface area contributed by atoms with E-state index in [9.17, 15) is 8.42 Å². The van der Waals surface area contributed by atoms with E-state index >= 15 is 0 Å². The quantitative estimate of drug-likeness (QED) is 0.724. The van der Waals surface area contributed by atoms with E-state index in [0.29, 0.717) is 0 Å². The summed E-state index contributed by atoms with van der Waals surface area (Å²) < 4.78 is 27.2. The van der Waals surface area contributed by atoms with Gasteiger partial charge in [0.25, 0.3) is 0 Å². The average molecular weight is 308 g/mol. The van der Waals surface area contributed by atoms with E-state index in [2.05, 4.69) is 27.2 Å². The summed E-state index contributed by atoms with van der Waals surface area (Å²) in [5.74, 6) is 0. The minimum atomic E-state index is -3.53. The Hall–Kier alpha value is -1.70. The summed E-state index contributed by atoms with van der Waals surface area (Å²) in [6.07, 6.45) is 4.14. The van der Waals surface area contributed by atoms with Crippen molar-refractivity contribution in [2.24, 2.45) is 0 Å². The third-order valence-electron chi connectivity index (χ3n) is 3.35. The van der Waals surface area contributed by atoms with Crippen LogP contribution in [-0.2, 0) is 16.6 Å². The van der Waals surface area contributed by atoms with Gasteiger partial charge < -0.3 is 5.32 Å². The lowest BCUT2D eigenvalue weighted by atomic mass is 10.1. The number of aromatic amines is 1. The van der Waals surface area contributed by atoms with E-state index < -0.39 is 10.0 Å². The van der Waals surface area contributed by atoms with E-state index in [1.165, 1.54) is 0 Å². The van der Waals surface area contributed by atoms with Crippen LogP contribution in [0.15, 0.2) is 41.6 Å². The highest BCUT2D eigenvalue weighted by atomic mass is 32.2. The SMILES string of the molecule is CCC(NC)c1cccc(S(=O)(=O)NCc2cn[nH]c2)c1. The van der Waals surface area contributed by atoms with Crippen LogP contribution in [0.2, 0.25) is 0 Å². The van der Waals surface area contributed by atoms with Crippen LogP contribution in [0, 0.1) is 0 Å². The van der Waals surface area contributed by atoms with Gasteiger partial charge in [0.15, 0.2) is 0 Å². The zero-order valence-corrected chi connectivity index (χ0v) is 12.9. The van der Waals surface area contributed by atoms with Crippen LogP contribution in [0.5, 0.6) is 0 Å². The molecule has 0 radical (unpaired) electrons. The number of benzene rings is 1. The number of hydrogen-bond acceptors (Lipinski definition) is 4. The molecule has 21 heavy (non-hydrogen) atoms. The van der Waals surface area contributed by atoms with Gasteiger partial charge in [-0.15, -0.1) is 0 Å². The molecule has 0 fully saturated rings.